The average Bonchev–Trinajstić information content (AvgIpc) is 2.45. The van der Waals surface area contributed by atoms with Crippen LogP contribution in [0.1, 0.15) is 26.3 Å². The Kier molecular flexibility index (Phi) is 7.40. The lowest BCUT2D eigenvalue weighted by Crippen LogP contribution is -2.42. The highest BCUT2D eigenvalue weighted by atomic mass is 35.5. The predicted molar refractivity (Wildman–Crippen MR) is 89.4 cm³/mol. The highest BCUT2D eigenvalue weighted by Crippen LogP contribution is 2.13. The Balaban J connectivity index is 2.50. The van der Waals surface area contributed by atoms with Gasteiger partial charge in [-0.2, -0.15) is 0 Å². The number of carbonyl (C=O) groups excluding carboxylic acids is 1. The van der Waals surface area contributed by atoms with Crippen LogP contribution < -0.4 is 5.32 Å². The third-order valence-corrected chi connectivity index (χ3v) is 3.25. The van der Waals surface area contributed by atoms with Crippen LogP contribution in [0.3, 0.4) is 0 Å². The zero-order valence-corrected chi connectivity index (χ0v) is 14.1. The lowest BCUT2D eigenvalue weighted by atomic mass is 9.87. The summed E-state index contributed by atoms with van der Waals surface area (Å²) in [5.41, 5.74) is 0.626. The Hall–Kier alpha value is -1.04. The molecule has 0 aliphatic carbocycles. The molecule has 1 unspecified atom stereocenters. The fraction of sp³-hybridized carbons (Fsp3) is 0.562. The molecule has 0 fully saturated rings. The van der Waals surface area contributed by atoms with Gasteiger partial charge in [-0.05, 0) is 44.9 Å². The Morgan fingerprint density at radius 3 is 2.45 bits per heavy atom. The molecule has 0 spiro atoms. The second-order valence-electron chi connectivity index (χ2n) is 6.25. The highest BCUT2D eigenvalue weighted by molar-refractivity contribution is 6.30. The van der Waals surface area contributed by atoms with Gasteiger partial charge in [0.05, 0.1) is 32.7 Å². The van der Waals surface area contributed by atoms with Gasteiger partial charge in [-0.1, -0.05) is 23.7 Å². The Morgan fingerprint density at radius 2 is 1.95 bits per heavy atom. The molecule has 1 rings (SSSR count). The van der Waals surface area contributed by atoms with Crippen LogP contribution in [0.2, 0.25) is 10.8 Å². The van der Waals surface area contributed by atoms with Crippen LogP contribution in [0.15, 0.2) is 24.3 Å². The molecule has 4 nitrogen and oxygen atoms in total. The lowest BCUT2D eigenvalue weighted by Gasteiger charge is -2.24. The van der Waals surface area contributed by atoms with Crippen LogP contribution in [0, 0.1) is 0 Å². The summed E-state index contributed by atoms with van der Waals surface area (Å²) < 4.78 is 5.50. The summed E-state index contributed by atoms with van der Waals surface area (Å²) in [6.45, 7) is 5.66. The van der Waals surface area contributed by atoms with E-state index in [2.05, 4.69) is 5.32 Å². The molecule has 2 N–H and O–H groups in total. The van der Waals surface area contributed by atoms with Crippen molar-refractivity contribution in [3.63, 3.8) is 0 Å². The van der Waals surface area contributed by atoms with Crippen LogP contribution in [0.25, 0.3) is 0 Å². The van der Waals surface area contributed by atoms with E-state index in [0.717, 1.165) is 5.56 Å². The van der Waals surface area contributed by atoms with Gasteiger partial charge in [-0.15, -0.1) is 0 Å². The topological polar surface area (TPSA) is 58.6 Å². The fourth-order valence-electron chi connectivity index (χ4n) is 1.79. The predicted octanol–water partition coefficient (Wildman–Crippen LogP) is 2.13. The SMILES string of the molecule is [B][C@H](COC(C)(C)C)C(=O)NC(CO)Cc1ccc(Cl)cc1. The van der Waals surface area contributed by atoms with Crippen LogP contribution in [-0.4, -0.2) is 43.7 Å². The molecule has 1 aromatic rings. The summed E-state index contributed by atoms with van der Waals surface area (Å²) >= 11 is 5.83. The zero-order chi connectivity index (χ0) is 16.8. The molecule has 0 heterocycles. The molecule has 0 aromatic heterocycles. The molecule has 22 heavy (non-hydrogen) atoms. The summed E-state index contributed by atoms with van der Waals surface area (Å²) in [5.74, 6) is -1.10. The van der Waals surface area contributed by atoms with E-state index in [4.69, 9.17) is 24.2 Å². The number of hydrogen-bond acceptors (Lipinski definition) is 3. The standard InChI is InChI=1S/C16H23BClNO3/c1-16(2,3)22-10-14(17)15(21)19-13(9-20)8-11-4-6-12(18)7-5-11/h4-7,13-14,20H,8-10H2,1-3H3,(H,19,21)/t13?,14-/m1/s1. The smallest absolute Gasteiger partial charge is 0.216 e. The van der Waals surface area contributed by atoms with Crippen molar-refractivity contribution in [2.45, 2.75) is 44.7 Å². The van der Waals surface area contributed by atoms with E-state index in [1.807, 2.05) is 32.9 Å². The van der Waals surface area contributed by atoms with Gasteiger partial charge in [0, 0.05) is 10.8 Å². The minimum absolute atomic E-state index is 0.133. The van der Waals surface area contributed by atoms with E-state index in [-0.39, 0.29) is 24.7 Å². The van der Waals surface area contributed by atoms with Gasteiger partial charge in [-0.3, -0.25) is 4.79 Å². The Morgan fingerprint density at radius 1 is 1.36 bits per heavy atom. The number of carbonyl (C=O) groups is 1. The quantitative estimate of drug-likeness (QED) is 0.756. The van der Waals surface area contributed by atoms with Crippen molar-refractivity contribution in [1.29, 1.82) is 0 Å². The third kappa shape index (κ3) is 7.30. The maximum atomic E-state index is 12.0. The van der Waals surface area contributed by atoms with Crippen molar-refractivity contribution < 1.29 is 14.6 Å². The first kappa shape index (κ1) is 19.0. The second kappa shape index (κ2) is 8.56. The maximum absolute atomic E-state index is 12.0. The molecule has 0 saturated carbocycles. The molecule has 1 amide bonds. The van der Waals surface area contributed by atoms with Crippen molar-refractivity contribution in [2.24, 2.45) is 0 Å². The van der Waals surface area contributed by atoms with Gasteiger partial charge >= 0.3 is 0 Å². The summed E-state index contributed by atoms with van der Waals surface area (Å²) in [5, 5.41) is 12.8. The number of nitrogens with one attached hydrogen (secondary N) is 1. The van der Waals surface area contributed by atoms with Crippen molar-refractivity contribution >= 4 is 25.4 Å². The first-order chi connectivity index (χ1) is 10.2. The molecule has 0 aliphatic heterocycles. The molecular formula is C16H23BClNO3. The Labute approximate surface area is 138 Å². The van der Waals surface area contributed by atoms with Gasteiger partial charge in [0.15, 0.2) is 0 Å². The number of rotatable bonds is 7. The summed E-state index contributed by atoms with van der Waals surface area (Å²) in [7, 11) is 5.80. The largest absolute Gasteiger partial charge is 0.394 e. The minimum atomic E-state index is -0.765. The molecule has 2 atom stereocenters. The van der Waals surface area contributed by atoms with Crippen LogP contribution in [0.5, 0.6) is 0 Å². The van der Waals surface area contributed by atoms with E-state index in [1.54, 1.807) is 12.1 Å². The number of benzene rings is 1. The van der Waals surface area contributed by atoms with E-state index in [0.29, 0.717) is 11.4 Å². The molecule has 1 aromatic carbocycles. The molecule has 6 heteroatoms. The van der Waals surface area contributed by atoms with Gasteiger partial charge in [0.2, 0.25) is 5.91 Å². The third-order valence-electron chi connectivity index (χ3n) is 2.99. The van der Waals surface area contributed by atoms with Gasteiger partial charge < -0.3 is 15.2 Å². The highest BCUT2D eigenvalue weighted by Gasteiger charge is 2.20. The maximum Gasteiger partial charge on any atom is 0.216 e. The van der Waals surface area contributed by atoms with Crippen molar-refractivity contribution in [2.75, 3.05) is 13.2 Å². The van der Waals surface area contributed by atoms with Crippen molar-refractivity contribution in [3.05, 3.63) is 34.9 Å². The molecule has 120 valence electrons. The van der Waals surface area contributed by atoms with E-state index >= 15 is 0 Å². The monoisotopic (exact) mass is 323 g/mol. The van der Waals surface area contributed by atoms with Crippen molar-refractivity contribution in [1.82, 2.24) is 5.32 Å². The van der Waals surface area contributed by atoms with Gasteiger partial charge in [0.25, 0.3) is 0 Å². The summed E-state index contributed by atoms with van der Waals surface area (Å²) in [4.78, 5) is 12.0. The average molecular weight is 324 g/mol. The second-order valence-corrected chi connectivity index (χ2v) is 6.68. The number of aliphatic hydroxyl groups excluding tert-OH is 1. The first-order valence-electron chi connectivity index (χ1n) is 7.26. The molecule has 0 aliphatic rings. The zero-order valence-electron chi connectivity index (χ0n) is 13.3. The minimum Gasteiger partial charge on any atom is -0.394 e. The number of aliphatic hydroxyl groups is 1. The van der Waals surface area contributed by atoms with E-state index in [1.165, 1.54) is 0 Å². The van der Waals surface area contributed by atoms with Crippen LogP contribution >= 0.6 is 11.6 Å². The van der Waals surface area contributed by atoms with E-state index < -0.39 is 11.9 Å². The van der Waals surface area contributed by atoms with Crippen molar-refractivity contribution in [3.8, 4) is 0 Å². The molecule has 0 bridgehead atoms. The summed E-state index contributed by atoms with van der Waals surface area (Å²) in [6.07, 6.45) is 0.506. The molecule has 0 saturated heterocycles. The van der Waals surface area contributed by atoms with Gasteiger partial charge in [0.1, 0.15) is 0 Å². The van der Waals surface area contributed by atoms with Crippen LogP contribution in [-0.2, 0) is 16.0 Å². The number of ether oxygens (including phenoxy) is 1. The molecular weight excluding hydrogens is 300 g/mol. The first-order valence-corrected chi connectivity index (χ1v) is 7.64. The Bertz CT molecular complexity index is 473. The lowest BCUT2D eigenvalue weighted by molar-refractivity contribution is -0.124. The molecule has 2 radical (unpaired) electrons. The number of halogens is 1. The van der Waals surface area contributed by atoms with E-state index in [9.17, 15) is 9.90 Å². The van der Waals surface area contributed by atoms with Gasteiger partial charge in [-0.25, -0.2) is 0 Å². The number of amides is 1. The normalized spacial score (nSPS) is 14.4. The number of hydrogen-bond donors (Lipinski definition) is 2. The van der Waals surface area contributed by atoms with Crippen LogP contribution in [0.4, 0.5) is 0 Å². The summed E-state index contributed by atoms with van der Waals surface area (Å²) in [6, 6.07) is 6.88. The fourth-order valence-corrected chi connectivity index (χ4v) is 1.92.